The van der Waals surface area contributed by atoms with E-state index in [2.05, 4.69) is 5.32 Å². The lowest BCUT2D eigenvalue weighted by Crippen LogP contribution is -2.22. The standard InChI is InChI=1S/C17H16N2O2/c1-19-7-6-12(11-19)10-18-17(21)15-8-13-4-2-3-5-14(13)9-16(15)20/h2-9,11,20H,10H2,1H3,(H,18,21). The molecule has 0 saturated carbocycles. The van der Waals surface area contributed by atoms with Crippen LogP contribution in [0.15, 0.2) is 54.9 Å². The van der Waals surface area contributed by atoms with Crippen LogP contribution in [0.25, 0.3) is 10.8 Å². The summed E-state index contributed by atoms with van der Waals surface area (Å²) in [6, 6.07) is 12.9. The van der Waals surface area contributed by atoms with E-state index < -0.39 is 0 Å². The Morgan fingerprint density at radius 1 is 1.19 bits per heavy atom. The van der Waals surface area contributed by atoms with Crippen molar-refractivity contribution < 1.29 is 9.90 Å². The Balaban J connectivity index is 1.82. The molecular weight excluding hydrogens is 264 g/mol. The van der Waals surface area contributed by atoms with Crippen molar-refractivity contribution in [2.75, 3.05) is 0 Å². The van der Waals surface area contributed by atoms with E-state index in [0.717, 1.165) is 16.3 Å². The molecule has 0 atom stereocenters. The maximum atomic E-state index is 12.2. The SMILES string of the molecule is Cn1ccc(CNC(=O)c2cc3ccccc3cc2O)c1. The van der Waals surface area contributed by atoms with Crippen LogP contribution in [-0.2, 0) is 13.6 Å². The third-order valence-corrected chi connectivity index (χ3v) is 3.45. The van der Waals surface area contributed by atoms with Crippen LogP contribution in [0.5, 0.6) is 5.75 Å². The molecule has 0 aliphatic rings. The van der Waals surface area contributed by atoms with E-state index in [-0.39, 0.29) is 11.7 Å². The second kappa shape index (κ2) is 5.32. The number of rotatable bonds is 3. The molecule has 0 aliphatic heterocycles. The number of aromatic nitrogens is 1. The van der Waals surface area contributed by atoms with Crippen molar-refractivity contribution in [3.8, 4) is 5.75 Å². The van der Waals surface area contributed by atoms with E-state index in [1.165, 1.54) is 0 Å². The smallest absolute Gasteiger partial charge is 0.255 e. The van der Waals surface area contributed by atoms with Crippen LogP contribution >= 0.6 is 0 Å². The van der Waals surface area contributed by atoms with Gasteiger partial charge in [0, 0.05) is 26.0 Å². The molecule has 0 radical (unpaired) electrons. The molecule has 1 aromatic heterocycles. The van der Waals surface area contributed by atoms with Crippen LogP contribution in [0, 0.1) is 0 Å². The summed E-state index contributed by atoms with van der Waals surface area (Å²) >= 11 is 0. The van der Waals surface area contributed by atoms with Crippen molar-refractivity contribution >= 4 is 16.7 Å². The summed E-state index contributed by atoms with van der Waals surface area (Å²) in [5, 5.41) is 14.7. The van der Waals surface area contributed by atoms with E-state index in [4.69, 9.17) is 0 Å². The van der Waals surface area contributed by atoms with Gasteiger partial charge in [-0.15, -0.1) is 0 Å². The number of carbonyl (C=O) groups excluding carboxylic acids is 1. The molecule has 3 rings (SSSR count). The maximum absolute atomic E-state index is 12.2. The molecule has 0 bridgehead atoms. The molecule has 4 heteroatoms. The number of phenolic OH excluding ortho intramolecular Hbond substituents is 1. The van der Waals surface area contributed by atoms with Crippen molar-refractivity contribution in [3.05, 3.63) is 66.0 Å². The highest BCUT2D eigenvalue weighted by molar-refractivity contribution is 6.01. The lowest BCUT2D eigenvalue weighted by atomic mass is 10.1. The van der Waals surface area contributed by atoms with E-state index in [1.54, 1.807) is 12.1 Å². The van der Waals surface area contributed by atoms with Crippen molar-refractivity contribution in [2.24, 2.45) is 7.05 Å². The van der Waals surface area contributed by atoms with Gasteiger partial charge in [-0.2, -0.15) is 0 Å². The third-order valence-electron chi connectivity index (χ3n) is 3.45. The van der Waals surface area contributed by atoms with E-state index >= 15 is 0 Å². The largest absolute Gasteiger partial charge is 0.507 e. The van der Waals surface area contributed by atoms with Crippen LogP contribution in [0.1, 0.15) is 15.9 Å². The number of aromatic hydroxyl groups is 1. The predicted molar refractivity (Wildman–Crippen MR) is 82.2 cm³/mol. The molecule has 3 aromatic rings. The van der Waals surface area contributed by atoms with Gasteiger partial charge in [-0.1, -0.05) is 24.3 Å². The van der Waals surface area contributed by atoms with Crippen LogP contribution < -0.4 is 5.32 Å². The summed E-state index contributed by atoms with van der Waals surface area (Å²) in [6.07, 6.45) is 3.87. The van der Waals surface area contributed by atoms with Crippen molar-refractivity contribution in [2.45, 2.75) is 6.54 Å². The van der Waals surface area contributed by atoms with Crippen LogP contribution in [0.3, 0.4) is 0 Å². The van der Waals surface area contributed by atoms with Crippen molar-refractivity contribution in [1.82, 2.24) is 9.88 Å². The Labute approximate surface area is 122 Å². The normalized spacial score (nSPS) is 10.7. The Kier molecular flexibility index (Phi) is 3.36. The zero-order chi connectivity index (χ0) is 14.8. The summed E-state index contributed by atoms with van der Waals surface area (Å²) in [7, 11) is 1.93. The Morgan fingerprint density at radius 2 is 1.90 bits per heavy atom. The molecule has 21 heavy (non-hydrogen) atoms. The van der Waals surface area contributed by atoms with E-state index in [1.807, 2.05) is 54.3 Å². The number of aryl methyl sites for hydroxylation is 1. The molecule has 4 nitrogen and oxygen atoms in total. The first-order valence-corrected chi connectivity index (χ1v) is 6.74. The fourth-order valence-electron chi connectivity index (χ4n) is 2.35. The van der Waals surface area contributed by atoms with Gasteiger partial charge in [0.2, 0.25) is 0 Å². The molecule has 2 aromatic carbocycles. The minimum atomic E-state index is -0.276. The summed E-state index contributed by atoms with van der Waals surface area (Å²) in [5.41, 5.74) is 1.32. The quantitative estimate of drug-likeness (QED) is 0.775. The lowest BCUT2D eigenvalue weighted by molar-refractivity contribution is 0.0948. The minimum Gasteiger partial charge on any atom is -0.507 e. The van der Waals surface area contributed by atoms with Crippen LogP contribution in [-0.4, -0.2) is 15.6 Å². The summed E-state index contributed by atoms with van der Waals surface area (Å²) in [5.74, 6) is -0.277. The third kappa shape index (κ3) is 2.74. The monoisotopic (exact) mass is 280 g/mol. The fourth-order valence-corrected chi connectivity index (χ4v) is 2.35. The van der Waals surface area contributed by atoms with Gasteiger partial charge in [0.25, 0.3) is 5.91 Å². The van der Waals surface area contributed by atoms with Gasteiger partial charge >= 0.3 is 0 Å². The molecule has 1 amide bonds. The maximum Gasteiger partial charge on any atom is 0.255 e. The number of nitrogens with one attached hydrogen (secondary N) is 1. The van der Waals surface area contributed by atoms with E-state index in [0.29, 0.717) is 12.1 Å². The molecule has 1 heterocycles. The highest BCUT2D eigenvalue weighted by Gasteiger charge is 2.12. The number of fused-ring (bicyclic) bond motifs is 1. The van der Waals surface area contributed by atoms with Crippen molar-refractivity contribution in [3.63, 3.8) is 0 Å². The predicted octanol–water partition coefficient (Wildman–Crippen LogP) is 2.81. The number of phenols is 1. The zero-order valence-corrected chi connectivity index (χ0v) is 11.7. The second-order valence-electron chi connectivity index (χ2n) is 5.08. The van der Waals surface area contributed by atoms with Crippen LogP contribution in [0.4, 0.5) is 0 Å². The van der Waals surface area contributed by atoms with Gasteiger partial charge < -0.3 is 15.0 Å². The average molecular weight is 280 g/mol. The van der Waals surface area contributed by atoms with Gasteiger partial charge in [-0.25, -0.2) is 0 Å². The van der Waals surface area contributed by atoms with Crippen LogP contribution in [0.2, 0.25) is 0 Å². The second-order valence-corrected chi connectivity index (χ2v) is 5.08. The van der Waals surface area contributed by atoms with Gasteiger partial charge in [-0.05, 0) is 34.5 Å². The zero-order valence-electron chi connectivity index (χ0n) is 11.7. The molecule has 0 saturated heterocycles. The molecule has 2 N–H and O–H groups in total. The number of amides is 1. The Bertz CT molecular complexity index is 805. The van der Waals surface area contributed by atoms with Crippen molar-refractivity contribution in [1.29, 1.82) is 0 Å². The summed E-state index contributed by atoms with van der Waals surface area (Å²) < 4.78 is 1.93. The van der Waals surface area contributed by atoms with Gasteiger partial charge in [0.05, 0.1) is 5.56 Å². The summed E-state index contributed by atoms with van der Waals surface area (Å²) in [6.45, 7) is 0.436. The molecule has 0 fully saturated rings. The number of carbonyl (C=O) groups is 1. The molecular formula is C17H16N2O2. The van der Waals surface area contributed by atoms with Gasteiger partial charge in [-0.3, -0.25) is 4.79 Å². The Morgan fingerprint density at radius 3 is 2.57 bits per heavy atom. The lowest BCUT2D eigenvalue weighted by Gasteiger charge is -2.08. The summed E-state index contributed by atoms with van der Waals surface area (Å²) in [4.78, 5) is 12.2. The van der Waals surface area contributed by atoms with E-state index in [9.17, 15) is 9.90 Å². The number of hydrogen-bond acceptors (Lipinski definition) is 2. The molecule has 106 valence electrons. The Hall–Kier alpha value is -2.75. The molecule has 0 aliphatic carbocycles. The molecule has 0 spiro atoms. The number of benzene rings is 2. The van der Waals surface area contributed by atoms with Gasteiger partial charge in [0.1, 0.15) is 5.75 Å². The number of hydrogen-bond donors (Lipinski definition) is 2. The highest BCUT2D eigenvalue weighted by atomic mass is 16.3. The average Bonchev–Trinajstić information content (AvgIpc) is 2.89. The molecule has 0 unspecified atom stereocenters. The number of nitrogens with zero attached hydrogens (tertiary/aromatic N) is 1. The fraction of sp³-hybridized carbons (Fsp3) is 0.118. The minimum absolute atomic E-state index is 0.000684. The topological polar surface area (TPSA) is 54.3 Å². The first-order valence-electron chi connectivity index (χ1n) is 6.74. The first-order chi connectivity index (χ1) is 10.1. The first kappa shape index (κ1) is 13.2. The highest BCUT2D eigenvalue weighted by Crippen LogP contribution is 2.24. The van der Waals surface area contributed by atoms with Gasteiger partial charge in [0.15, 0.2) is 0 Å².